The minimum Gasteiger partial charge on any atom is -0.359 e. The lowest BCUT2D eigenvalue weighted by atomic mass is 10.0. The van der Waals surface area contributed by atoms with Gasteiger partial charge in [-0.25, -0.2) is 15.8 Å². The van der Waals surface area contributed by atoms with Crippen molar-refractivity contribution in [2.75, 3.05) is 31.0 Å². The molecule has 0 aromatic carbocycles. The van der Waals surface area contributed by atoms with Gasteiger partial charge in [-0.1, -0.05) is 13.8 Å². The maximum absolute atomic E-state index is 11.3. The molecule has 7 heteroatoms. The average molecular weight is 266 g/mol. The van der Waals surface area contributed by atoms with E-state index in [1.165, 1.54) is 6.33 Å². The van der Waals surface area contributed by atoms with Crippen LogP contribution in [0.25, 0.3) is 0 Å². The van der Waals surface area contributed by atoms with Crippen molar-refractivity contribution in [1.82, 2.24) is 15.3 Å². The van der Waals surface area contributed by atoms with Crippen LogP contribution in [0.15, 0.2) is 6.33 Å². The number of nitrogen functional groups attached to an aromatic ring is 1. The lowest BCUT2D eigenvalue weighted by molar-refractivity contribution is -0.120. The Bertz CT molecular complexity index is 434. The number of aromatic nitrogens is 2. The van der Waals surface area contributed by atoms with Crippen molar-refractivity contribution in [3.8, 4) is 0 Å². The van der Waals surface area contributed by atoms with Gasteiger partial charge in [-0.05, 0) is 5.92 Å². The number of hydrazine groups is 1. The third-order valence-electron chi connectivity index (χ3n) is 2.89. The Morgan fingerprint density at radius 2 is 2.16 bits per heavy atom. The zero-order valence-electron chi connectivity index (χ0n) is 11.9. The van der Waals surface area contributed by atoms with Crippen LogP contribution in [0.4, 0.5) is 11.6 Å². The molecule has 0 aliphatic carbocycles. The predicted molar refractivity (Wildman–Crippen MR) is 75.9 cm³/mol. The molecule has 1 rings (SSSR count). The number of carbonyl (C=O) groups excluding carboxylic acids is 1. The SMILES string of the molecule is CNC(=O)CCN(C)c1ncnc(NN)c1C(C)C. The maximum atomic E-state index is 11.3. The van der Waals surface area contributed by atoms with Crippen molar-refractivity contribution in [1.29, 1.82) is 0 Å². The summed E-state index contributed by atoms with van der Waals surface area (Å²) in [6, 6.07) is 0. The van der Waals surface area contributed by atoms with Crippen molar-refractivity contribution in [2.45, 2.75) is 26.2 Å². The fourth-order valence-corrected chi connectivity index (χ4v) is 1.84. The molecule has 1 heterocycles. The molecular formula is C12H22N6O. The summed E-state index contributed by atoms with van der Waals surface area (Å²) in [5.41, 5.74) is 3.54. The zero-order chi connectivity index (χ0) is 14.4. The second kappa shape index (κ2) is 6.89. The summed E-state index contributed by atoms with van der Waals surface area (Å²) in [5.74, 6) is 7.12. The molecule has 1 amide bonds. The van der Waals surface area contributed by atoms with Crippen molar-refractivity contribution < 1.29 is 4.79 Å². The Balaban J connectivity index is 2.95. The van der Waals surface area contributed by atoms with Crippen LogP contribution < -0.4 is 21.5 Å². The van der Waals surface area contributed by atoms with Crippen molar-refractivity contribution in [3.05, 3.63) is 11.9 Å². The van der Waals surface area contributed by atoms with Gasteiger partial charge in [-0.15, -0.1) is 0 Å². The summed E-state index contributed by atoms with van der Waals surface area (Å²) in [7, 11) is 3.53. The number of anilines is 2. The van der Waals surface area contributed by atoms with Crippen molar-refractivity contribution >= 4 is 17.5 Å². The highest BCUT2D eigenvalue weighted by atomic mass is 16.1. The molecular weight excluding hydrogens is 244 g/mol. The van der Waals surface area contributed by atoms with Gasteiger partial charge in [0.1, 0.15) is 18.0 Å². The standard InChI is InChI=1S/C12H22N6O/c1-8(2)10-11(17-13)15-7-16-12(10)18(4)6-5-9(19)14-3/h7-8H,5-6,13H2,1-4H3,(H,14,19)(H,15,16,17). The number of rotatable bonds is 6. The van der Waals surface area contributed by atoms with E-state index >= 15 is 0 Å². The number of hydrogen-bond acceptors (Lipinski definition) is 6. The summed E-state index contributed by atoms with van der Waals surface area (Å²) in [6.45, 7) is 4.69. The van der Waals surface area contributed by atoms with Gasteiger partial charge in [0, 0.05) is 32.6 Å². The second-order valence-corrected chi connectivity index (χ2v) is 4.60. The maximum Gasteiger partial charge on any atom is 0.221 e. The van der Waals surface area contributed by atoms with Gasteiger partial charge in [0.15, 0.2) is 0 Å². The molecule has 1 aromatic heterocycles. The number of carbonyl (C=O) groups is 1. The van der Waals surface area contributed by atoms with E-state index in [1.54, 1.807) is 7.05 Å². The third kappa shape index (κ3) is 3.78. The molecule has 0 atom stereocenters. The topological polar surface area (TPSA) is 96.2 Å². The van der Waals surface area contributed by atoms with Gasteiger partial charge in [-0.2, -0.15) is 0 Å². The van der Waals surface area contributed by atoms with Crippen molar-refractivity contribution in [2.24, 2.45) is 5.84 Å². The van der Waals surface area contributed by atoms with Crippen LogP contribution in [0.5, 0.6) is 0 Å². The van der Waals surface area contributed by atoms with E-state index in [1.807, 2.05) is 11.9 Å². The molecule has 7 nitrogen and oxygen atoms in total. The minimum atomic E-state index is 0.00387. The Labute approximate surface area is 113 Å². The number of nitrogens with zero attached hydrogens (tertiary/aromatic N) is 3. The first-order valence-corrected chi connectivity index (χ1v) is 6.24. The second-order valence-electron chi connectivity index (χ2n) is 4.60. The quantitative estimate of drug-likeness (QED) is 0.511. The van der Waals surface area contributed by atoms with Crippen LogP contribution in [-0.4, -0.2) is 36.5 Å². The molecule has 0 bridgehead atoms. The molecule has 0 saturated carbocycles. The van der Waals surface area contributed by atoms with E-state index in [0.29, 0.717) is 18.8 Å². The molecule has 0 aliphatic heterocycles. The molecule has 0 unspecified atom stereocenters. The molecule has 0 saturated heterocycles. The average Bonchev–Trinajstić information content (AvgIpc) is 2.42. The molecule has 0 radical (unpaired) electrons. The molecule has 0 fully saturated rings. The lowest BCUT2D eigenvalue weighted by Crippen LogP contribution is -2.28. The molecule has 19 heavy (non-hydrogen) atoms. The van der Waals surface area contributed by atoms with Gasteiger partial charge in [-0.3, -0.25) is 4.79 Å². The van der Waals surface area contributed by atoms with Gasteiger partial charge in [0.25, 0.3) is 0 Å². The van der Waals surface area contributed by atoms with Crippen molar-refractivity contribution in [3.63, 3.8) is 0 Å². The molecule has 0 aliphatic rings. The minimum absolute atomic E-state index is 0.00387. The smallest absolute Gasteiger partial charge is 0.221 e. The zero-order valence-corrected chi connectivity index (χ0v) is 11.9. The van der Waals surface area contributed by atoms with Crippen LogP contribution in [0.1, 0.15) is 31.7 Å². The van der Waals surface area contributed by atoms with E-state index in [-0.39, 0.29) is 11.8 Å². The fraction of sp³-hybridized carbons (Fsp3) is 0.583. The first-order chi connectivity index (χ1) is 9.01. The Morgan fingerprint density at radius 1 is 1.47 bits per heavy atom. The first-order valence-electron chi connectivity index (χ1n) is 6.24. The van der Waals surface area contributed by atoms with E-state index < -0.39 is 0 Å². The number of nitrogens with one attached hydrogen (secondary N) is 2. The Hall–Kier alpha value is -1.89. The third-order valence-corrected chi connectivity index (χ3v) is 2.89. The Morgan fingerprint density at radius 3 is 2.68 bits per heavy atom. The molecule has 106 valence electrons. The lowest BCUT2D eigenvalue weighted by Gasteiger charge is -2.23. The molecule has 1 aromatic rings. The highest BCUT2D eigenvalue weighted by molar-refractivity contribution is 5.76. The van der Waals surface area contributed by atoms with Crippen LogP contribution in [0.2, 0.25) is 0 Å². The fourth-order valence-electron chi connectivity index (χ4n) is 1.84. The van der Waals surface area contributed by atoms with Gasteiger partial charge in [0.05, 0.1) is 0 Å². The van der Waals surface area contributed by atoms with Crippen LogP contribution in [0.3, 0.4) is 0 Å². The largest absolute Gasteiger partial charge is 0.359 e. The summed E-state index contributed by atoms with van der Waals surface area (Å²) in [4.78, 5) is 21.6. The highest BCUT2D eigenvalue weighted by Gasteiger charge is 2.17. The normalized spacial score (nSPS) is 10.4. The van der Waals surface area contributed by atoms with E-state index in [0.717, 1.165) is 11.4 Å². The number of nitrogens with two attached hydrogens (primary N) is 1. The first kappa shape index (κ1) is 15.2. The van der Waals surface area contributed by atoms with E-state index in [4.69, 9.17) is 5.84 Å². The summed E-state index contributed by atoms with van der Waals surface area (Å²) < 4.78 is 0. The van der Waals surface area contributed by atoms with Crippen LogP contribution in [0, 0.1) is 0 Å². The highest BCUT2D eigenvalue weighted by Crippen LogP contribution is 2.29. The summed E-state index contributed by atoms with van der Waals surface area (Å²) in [5, 5.41) is 2.60. The van der Waals surface area contributed by atoms with Gasteiger partial charge in [0.2, 0.25) is 5.91 Å². The van der Waals surface area contributed by atoms with Crippen LogP contribution >= 0.6 is 0 Å². The number of hydrogen-bond donors (Lipinski definition) is 3. The van der Waals surface area contributed by atoms with E-state index in [9.17, 15) is 4.79 Å². The summed E-state index contributed by atoms with van der Waals surface area (Å²) in [6.07, 6.45) is 1.88. The van der Waals surface area contributed by atoms with E-state index in [2.05, 4.69) is 34.6 Å². The van der Waals surface area contributed by atoms with Crippen LogP contribution in [-0.2, 0) is 4.79 Å². The summed E-state index contributed by atoms with van der Waals surface area (Å²) >= 11 is 0. The molecule has 4 N–H and O–H groups in total. The monoisotopic (exact) mass is 266 g/mol. The van der Waals surface area contributed by atoms with Gasteiger partial charge < -0.3 is 15.6 Å². The Kier molecular flexibility index (Phi) is 5.50. The van der Waals surface area contributed by atoms with Gasteiger partial charge >= 0.3 is 0 Å². The predicted octanol–water partition coefficient (Wildman–Crippen LogP) is 0.458. The number of amides is 1. The molecule has 0 spiro atoms.